The number of rotatable bonds is 7. The molecule has 0 aromatic rings. The van der Waals surface area contributed by atoms with Gasteiger partial charge in [0.25, 0.3) is 0 Å². The van der Waals surface area contributed by atoms with E-state index in [0.29, 0.717) is 18.0 Å². The average Bonchev–Trinajstić information content (AvgIpc) is 2.73. The van der Waals surface area contributed by atoms with Gasteiger partial charge in [-0.2, -0.15) is 0 Å². The van der Waals surface area contributed by atoms with E-state index >= 15 is 0 Å². The zero-order valence-electron chi connectivity index (χ0n) is 11.8. The normalized spacial score (nSPS) is 25.6. The Bertz CT molecular complexity index is 279. The van der Waals surface area contributed by atoms with Crippen molar-refractivity contribution in [3.8, 4) is 0 Å². The van der Waals surface area contributed by atoms with E-state index in [4.69, 9.17) is 15.7 Å². The fourth-order valence-corrected chi connectivity index (χ4v) is 2.24. The van der Waals surface area contributed by atoms with Crippen LogP contribution < -0.4 is 11.1 Å². The summed E-state index contributed by atoms with van der Waals surface area (Å²) in [5, 5.41) is 15.3. The molecule has 2 atom stereocenters. The van der Waals surface area contributed by atoms with Crippen molar-refractivity contribution in [2.45, 2.75) is 58.6 Å². The second kappa shape index (κ2) is 6.95. The Morgan fingerprint density at radius 3 is 2.78 bits per heavy atom. The molecule has 0 amide bonds. The molecule has 1 aliphatic rings. The van der Waals surface area contributed by atoms with Gasteiger partial charge >= 0.3 is 0 Å². The number of nitrogens with zero attached hydrogens (tertiary/aromatic N) is 1. The summed E-state index contributed by atoms with van der Waals surface area (Å²) in [6.07, 6.45) is 4.54. The molecule has 18 heavy (non-hydrogen) atoms. The van der Waals surface area contributed by atoms with Gasteiger partial charge in [-0.15, -0.1) is 0 Å². The minimum atomic E-state index is -0.224. The van der Waals surface area contributed by atoms with Crippen molar-refractivity contribution in [2.75, 3.05) is 13.2 Å². The molecule has 5 nitrogen and oxygen atoms in total. The highest BCUT2D eigenvalue weighted by atomic mass is 16.5. The summed E-state index contributed by atoms with van der Waals surface area (Å²) in [4.78, 5) is 0. The first kappa shape index (κ1) is 15.2. The summed E-state index contributed by atoms with van der Waals surface area (Å²) < 4.78 is 5.50. The summed E-state index contributed by atoms with van der Waals surface area (Å²) in [7, 11) is 0. The molecule has 1 fully saturated rings. The molecular formula is C13H27N3O2. The van der Waals surface area contributed by atoms with Crippen molar-refractivity contribution in [2.24, 2.45) is 16.3 Å². The number of amidine groups is 1. The Morgan fingerprint density at radius 1 is 1.50 bits per heavy atom. The van der Waals surface area contributed by atoms with Crippen LogP contribution in [0.4, 0.5) is 0 Å². The van der Waals surface area contributed by atoms with Crippen LogP contribution in [0.25, 0.3) is 0 Å². The Hall–Kier alpha value is -0.810. The minimum Gasteiger partial charge on any atom is -0.409 e. The number of ether oxygens (including phenoxy) is 1. The van der Waals surface area contributed by atoms with E-state index in [0.717, 1.165) is 38.8 Å². The molecule has 0 spiro atoms. The second-order valence-corrected chi connectivity index (χ2v) is 5.75. The van der Waals surface area contributed by atoms with Crippen molar-refractivity contribution in [3.05, 3.63) is 0 Å². The van der Waals surface area contributed by atoms with Gasteiger partial charge in [0.1, 0.15) is 5.84 Å². The first-order valence-corrected chi connectivity index (χ1v) is 6.80. The third-order valence-electron chi connectivity index (χ3n) is 3.81. The van der Waals surface area contributed by atoms with E-state index in [9.17, 15) is 0 Å². The molecule has 0 bridgehead atoms. The number of nitrogens with two attached hydrogens (primary N) is 1. The summed E-state index contributed by atoms with van der Waals surface area (Å²) in [6.45, 7) is 8.00. The Morgan fingerprint density at radius 2 is 2.22 bits per heavy atom. The largest absolute Gasteiger partial charge is 0.409 e. The zero-order chi connectivity index (χ0) is 13.6. The van der Waals surface area contributed by atoms with Gasteiger partial charge in [-0.3, -0.25) is 0 Å². The number of hydrogen-bond acceptors (Lipinski definition) is 4. The van der Waals surface area contributed by atoms with Gasteiger partial charge in [-0.05, 0) is 32.7 Å². The van der Waals surface area contributed by atoms with Gasteiger partial charge in [0, 0.05) is 18.1 Å². The van der Waals surface area contributed by atoms with Crippen LogP contribution in [0.5, 0.6) is 0 Å². The predicted molar refractivity (Wildman–Crippen MR) is 72.9 cm³/mol. The molecule has 1 heterocycles. The van der Waals surface area contributed by atoms with E-state index in [1.807, 2.05) is 13.8 Å². The number of hydrogen-bond donors (Lipinski definition) is 3. The number of nitrogens with one attached hydrogen (secondary N) is 1. The van der Waals surface area contributed by atoms with Crippen LogP contribution in [0.2, 0.25) is 0 Å². The SMILES string of the molecule is CC1OCCC1NCCCCC(C)(C)C(N)=NO. The molecule has 0 radical (unpaired) electrons. The molecule has 0 aromatic heterocycles. The van der Waals surface area contributed by atoms with Gasteiger partial charge in [-0.25, -0.2) is 0 Å². The van der Waals surface area contributed by atoms with Crippen molar-refractivity contribution < 1.29 is 9.94 Å². The highest BCUT2D eigenvalue weighted by Gasteiger charge is 2.24. The lowest BCUT2D eigenvalue weighted by Crippen LogP contribution is -2.35. The molecule has 106 valence electrons. The molecule has 1 aliphatic heterocycles. The first-order chi connectivity index (χ1) is 8.47. The van der Waals surface area contributed by atoms with Crippen molar-refractivity contribution >= 4 is 5.84 Å². The van der Waals surface area contributed by atoms with Crippen molar-refractivity contribution in [3.63, 3.8) is 0 Å². The van der Waals surface area contributed by atoms with E-state index in [-0.39, 0.29) is 5.41 Å². The Labute approximate surface area is 110 Å². The number of unbranched alkanes of at least 4 members (excludes halogenated alkanes) is 1. The Balaban J connectivity index is 2.11. The van der Waals surface area contributed by atoms with Crippen molar-refractivity contribution in [1.82, 2.24) is 5.32 Å². The van der Waals surface area contributed by atoms with Crippen LogP contribution in [-0.4, -0.2) is 36.3 Å². The minimum absolute atomic E-state index is 0.224. The monoisotopic (exact) mass is 257 g/mol. The maximum Gasteiger partial charge on any atom is 0.144 e. The number of oxime groups is 1. The molecule has 0 aromatic carbocycles. The molecule has 1 saturated heterocycles. The van der Waals surface area contributed by atoms with Crippen LogP contribution in [-0.2, 0) is 4.74 Å². The maximum atomic E-state index is 8.68. The Kier molecular flexibility index (Phi) is 5.88. The lowest BCUT2D eigenvalue weighted by molar-refractivity contribution is 0.113. The quantitative estimate of drug-likeness (QED) is 0.213. The van der Waals surface area contributed by atoms with Crippen LogP contribution in [0.3, 0.4) is 0 Å². The summed E-state index contributed by atoms with van der Waals surface area (Å²) in [6, 6.07) is 0.502. The van der Waals surface area contributed by atoms with Gasteiger partial charge in [0.2, 0.25) is 0 Å². The zero-order valence-corrected chi connectivity index (χ0v) is 11.8. The summed E-state index contributed by atoms with van der Waals surface area (Å²) in [5.41, 5.74) is 5.43. The summed E-state index contributed by atoms with van der Waals surface area (Å²) >= 11 is 0. The fourth-order valence-electron chi connectivity index (χ4n) is 2.24. The fraction of sp³-hybridized carbons (Fsp3) is 0.923. The molecule has 0 aliphatic carbocycles. The van der Waals surface area contributed by atoms with E-state index in [1.54, 1.807) is 0 Å². The predicted octanol–water partition coefficient (Wildman–Crippen LogP) is 1.70. The van der Waals surface area contributed by atoms with Gasteiger partial charge in [0.05, 0.1) is 6.10 Å². The molecular weight excluding hydrogens is 230 g/mol. The van der Waals surface area contributed by atoms with Gasteiger partial charge in [0.15, 0.2) is 0 Å². The summed E-state index contributed by atoms with van der Waals surface area (Å²) in [5.74, 6) is 0.313. The molecule has 4 N–H and O–H groups in total. The standard InChI is InChI=1S/C13H27N3O2/c1-10-11(6-9-18-10)15-8-5-4-7-13(2,3)12(14)16-17/h10-11,15,17H,4-9H2,1-3H3,(H2,14,16). The van der Waals surface area contributed by atoms with Crippen LogP contribution in [0, 0.1) is 5.41 Å². The smallest absolute Gasteiger partial charge is 0.144 e. The molecule has 5 heteroatoms. The van der Waals surface area contributed by atoms with Crippen molar-refractivity contribution in [1.29, 1.82) is 0 Å². The van der Waals surface area contributed by atoms with Gasteiger partial charge < -0.3 is 21.0 Å². The second-order valence-electron chi connectivity index (χ2n) is 5.75. The van der Waals surface area contributed by atoms with E-state index < -0.39 is 0 Å². The van der Waals surface area contributed by atoms with Gasteiger partial charge in [-0.1, -0.05) is 25.4 Å². The van der Waals surface area contributed by atoms with Crippen LogP contribution in [0.1, 0.15) is 46.5 Å². The maximum absolute atomic E-state index is 8.68. The highest BCUT2D eigenvalue weighted by molar-refractivity contribution is 5.85. The van der Waals surface area contributed by atoms with E-state index in [2.05, 4.69) is 17.4 Å². The molecule has 0 saturated carbocycles. The highest BCUT2D eigenvalue weighted by Crippen LogP contribution is 2.23. The lowest BCUT2D eigenvalue weighted by Gasteiger charge is -2.23. The molecule has 1 rings (SSSR count). The third-order valence-corrected chi connectivity index (χ3v) is 3.81. The molecule has 2 unspecified atom stereocenters. The lowest BCUT2D eigenvalue weighted by atomic mass is 9.86. The van der Waals surface area contributed by atoms with Crippen LogP contribution in [0.15, 0.2) is 5.16 Å². The third kappa shape index (κ3) is 4.46. The topological polar surface area (TPSA) is 79.9 Å². The van der Waals surface area contributed by atoms with Crippen LogP contribution >= 0.6 is 0 Å². The average molecular weight is 257 g/mol. The van der Waals surface area contributed by atoms with E-state index in [1.165, 1.54) is 0 Å². The first-order valence-electron chi connectivity index (χ1n) is 6.80.